The van der Waals surface area contributed by atoms with Crippen molar-refractivity contribution in [3.8, 4) is 0 Å². The zero-order chi connectivity index (χ0) is 13.9. The molecule has 0 aliphatic rings. The van der Waals surface area contributed by atoms with E-state index in [1.165, 1.54) is 15.6 Å². The molecule has 0 aromatic carbocycles. The molecule has 7 heteroatoms. The predicted octanol–water partition coefficient (Wildman–Crippen LogP) is 2.17. The average Bonchev–Trinajstić information content (AvgIpc) is 3.06. The number of nitrogens with zero attached hydrogens (tertiary/aromatic N) is 1. The van der Waals surface area contributed by atoms with Crippen LogP contribution in [-0.2, 0) is 23.1 Å². The lowest BCUT2D eigenvalue weighted by Gasteiger charge is -2.16. The van der Waals surface area contributed by atoms with Crippen molar-refractivity contribution in [2.24, 2.45) is 0 Å². The topological polar surface area (TPSA) is 57.6 Å². The molecule has 0 saturated heterocycles. The first kappa shape index (κ1) is 14.7. The highest BCUT2D eigenvalue weighted by molar-refractivity contribution is 7.89. The van der Waals surface area contributed by atoms with Gasteiger partial charge in [0.15, 0.2) is 0 Å². The Bertz CT molecular complexity index is 616. The molecule has 0 amide bonds. The minimum Gasteiger partial charge on any atom is -0.391 e. The Balaban J connectivity index is 2.11. The first-order valence-corrected chi connectivity index (χ1v) is 8.91. The number of sulfonamides is 1. The summed E-state index contributed by atoms with van der Waals surface area (Å²) < 4.78 is 26.1. The molecular weight excluding hydrogens is 302 g/mol. The van der Waals surface area contributed by atoms with E-state index in [1.807, 2.05) is 17.5 Å². The van der Waals surface area contributed by atoms with E-state index >= 15 is 0 Å². The molecular formula is C12H15NO3S3. The van der Waals surface area contributed by atoms with Crippen molar-refractivity contribution in [3.63, 3.8) is 0 Å². The molecule has 0 aliphatic heterocycles. The summed E-state index contributed by atoms with van der Waals surface area (Å²) in [5.41, 5.74) is 0. The van der Waals surface area contributed by atoms with Crippen molar-refractivity contribution in [3.05, 3.63) is 38.7 Å². The zero-order valence-electron chi connectivity index (χ0n) is 10.4. The summed E-state index contributed by atoms with van der Waals surface area (Å²) >= 11 is 2.88. The molecule has 0 bridgehead atoms. The van der Waals surface area contributed by atoms with Gasteiger partial charge in [-0.2, -0.15) is 0 Å². The fourth-order valence-corrected chi connectivity index (χ4v) is 4.82. The van der Waals surface area contributed by atoms with Crippen LogP contribution in [-0.4, -0.2) is 31.4 Å². The first-order valence-electron chi connectivity index (χ1n) is 5.71. The largest absolute Gasteiger partial charge is 0.391 e. The van der Waals surface area contributed by atoms with Gasteiger partial charge in [0.05, 0.1) is 11.5 Å². The van der Waals surface area contributed by atoms with Crippen molar-refractivity contribution < 1.29 is 13.5 Å². The van der Waals surface area contributed by atoms with E-state index in [4.69, 9.17) is 5.11 Å². The molecule has 2 aromatic rings. The van der Waals surface area contributed by atoms with E-state index in [-0.39, 0.29) is 11.5 Å². The monoisotopic (exact) mass is 317 g/mol. The van der Waals surface area contributed by atoms with Crippen LogP contribution in [0.15, 0.2) is 33.9 Å². The third-order valence-corrected chi connectivity index (χ3v) is 6.70. The molecule has 2 heterocycles. The Morgan fingerprint density at radius 3 is 2.68 bits per heavy atom. The highest BCUT2D eigenvalue weighted by Gasteiger charge is 2.24. The molecule has 0 radical (unpaired) electrons. The molecule has 0 atom stereocenters. The summed E-state index contributed by atoms with van der Waals surface area (Å²) in [4.78, 5) is 1.87. The average molecular weight is 317 g/mol. The van der Waals surface area contributed by atoms with Crippen molar-refractivity contribution in [2.45, 2.75) is 17.9 Å². The highest BCUT2D eigenvalue weighted by Crippen LogP contribution is 2.24. The summed E-state index contributed by atoms with van der Waals surface area (Å²) in [5, 5.41) is 12.8. The second-order valence-corrected chi connectivity index (χ2v) is 8.07. The maximum atomic E-state index is 12.4. The summed E-state index contributed by atoms with van der Waals surface area (Å²) in [6, 6.07) is 5.50. The highest BCUT2D eigenvalue weighted by atomic mass is 32.2. The Morgan fingerprint density at radius 2 is 2.05 bits per heavy atom. The van der Waals surface area contributed by atoms with Crippen LogP contribution in [0.5, 0.6) is 0 Å². The second-order valence-electron chi connectivity index (χ2n) is 4.02. The van der Waals surface area contributed by atoms with Crippen LogP contribution in [0, 0.1) is 0 Å². The molecule has 0 spiro atoms. The Hall–Kier alpha value is -0.730. The van der Waals surface area contributed by atoms with Gasteiger partial charge in [0.1, 0.15) is 0 Å². The van der Waals surface area contributed by atoms with E-state index in [2.05, 4.69) is 0 Å². The van der Waals surface area contributed by atoms with Gasteiger partial charge in [-0.1, -0.05) is 6.07 Å². The van der Waals surface area contributed by atoms with Crippen LogP contribution in [0.2, 0.25) is 0 Å². The number of hydrogen-bond donors (Lipinski definition) is 1. The lowest BCUT2D eigenvalue weighted by atomic mass is 10.3. The molecule has 0 unspecified atom stereocenters. The first-order chi connectivity index (χ1) is 9.05. The number of likely N-dealkylation sites (N-methyl/N-ethyl adjacent to an activating group) is 1. The van der Waals surface area contributed by atoms with Gasteiger partial charge < -0.3 is 5.11 Å². The smallest absolute Gasteiger partial charge is 0.244 e. The fraction of sp³-hybridized carbons (Fsp3) is 0.333. The van der Waals surface area contributed by atoms with Crippen molar-refractivity contribution in [2.75, 3.05) is 13.6 Å². The van der Waals surface area contributed by atoms with Gasteiger partial charge in [0.25, 0.3) is 0 Å². The summed E-state index contributed by atoms with van der Waals surface area (Å²) in [6.45, 7) is 0.189. The second kappa shape index (κ2) is 6.15. The Morgan fingerprint density at radius 1 is 1.26 bits per heavy atom. The number of aliphatic hydroxyl groups is 1. The number of aliphatic hydroxyl groups excluding tert-OH is 1. The normalized spacial score (nSPS) is 12.2. The van der Waals surface area contributed by atoms with Crippen LogP contribution >= 0.6 is 22.7 Å². The van der Waals surface area contributed by atoms with Crippen LogP contribution < -0.4 is 0 Å². The van der Waals surface area contributed by atoms with Gasteiger partial charge in [0.2, 0.25) is 10.0 Å². The molecule has 2 rings (SSSR count). The van der Waals surface area contributed by atoms with Crippen LogP contribution in [0.4, 0.5) is 0 Å². The third-order valence-electron chi connectivity index (χ3n) is 2.79. The Labute approximate surface area is 121 Å². The van der Waals surface area contributed by atoms with E-state index in [1.54, 1.807) is 29.8 Å². The maximum absolute atomic E-state index is 12.4. The molecule has 2 aromatic heterocycles. The van der Waals surface area contributed by atoms with Crippen molar-refractivity contribution >= 4 is 32.7 Å². The van der Waals surface area contributed by atoms with Gasteiger partial charge in [-0.3, -0.25) is 0 Å². The minimum absolute atomic E-state index is 0.216. The lowest BCUT2D eigenvalue weighted by Crippen LogP contribution is -2.29. The quantitative estimate of drug-likeness (QED) is 0.888. The van der Waals surface area contributed by atoms with E-state index in [0.29, 0.717) is 17.8 Å². The van der Waals surface area contributed by atoms with Crippen molar-refractivity contribution in [1.29, 1.82) is 0 Å². The third kappa shape index (κ3) is 3.24. The van der Waals surface area contributed by atoms with Gasteiger partial charge in [0, 0.05) is 23.3 Å². The molecule has 4 nitrogen and oxygen atoms in total. The Kier molecular flexibility index (Phi) is 4.75. The molecule has 0 aliphatic carbocycles. The van der Waals surface area contributed by atoms with Gasteiger partial charge in [-0.05, 0) is 29.3 Å². The number of thiophene rings is 2. The SMILES string of the molecule is CN(CCc1cccs1)S(=O)(=O)c1ccsc1CO. The number of rotatable bonds is 6. The van der Waals surface area contributed by atoms with Gasteiger partial charge in [-0.15, -0.1) is 22.7 Å². The zero-order valence-corrected chi connectivity index (χ0v) is 12.9. The van der Waals surface area contributed by atoms with Crippen LogP contribution in [0.1, 0.15) is 9.75 Å². The standard InChI is InChI=1S/C12H15NO3S3/c1-13(6-4-10-3-2-7-17-10)19(15,16)12-5-8-18-11(12)9-14/h2-3,5,7-8,14H,4,6,9H2,1H3. The van der Waals surface area contributed by atoms with E-state index < -0.39 is 10.0 Å². The summed E-state index contributed by atoms with van der Waals surface area (Å²) in [6.07, 6.45) is 0.700. The van der Waals surface area contributed by atoms with Gasteiger partial charge in [-0.25, -0.2) is 12.7 Å². The molecule has 1 N–H and O–H groups in total. The minimum atomic E-state index is -3.50. The maximum Gasteiger partial charge on any atom is 0.244 e. The van der Waals surface area contributed by atoms with Crippen LogP contribution in [0.25, 0.3) is 0 Å². The molecule has 19 heavy (non-hydrogen) atoms. The summed E-state index contributed by atoms with van der Waals surface area (Å²) in [7, 11) is -1.93. The van der Waals surface area contributed by atoms with E-state index in [9.17, 15) is 8.42 Å². The lowest BCUT2D eigenvalue weighted by molar-refractivity contribution is 0.282. The van der Waals surface area contributed by atoms with E-state index in [0.717, 1.165) is 4.88 Å². The molecule has 0 fully saturated rings. The van der Waals surface area contributed by atoms with Crippen LogP contribution in [0.3, 0.4) is 0 Å². The number of hydrogen-bond acceptors (Lipinski definition) is 5. The van der Waals surface area contributed by atoms with Gasteiger partial charge >= 0.3 is 0 Å². The predicted molar refractivity (Wildman–Crippen MR) is 78.1 cm³/mol. The molecule has 0 saturated carbocycles. The molecule has 104 valence electrons. The van der Waals surface area contributed by atoms with Crippen molar-refractivity contribution in [1.82, 2.24) is 4.31 Å². The fourth-order valence-electron chi connectivity index (χ4n) is 1.68. The summed E-state index contributed by atoms with van der Waals surface area (Å²) in [5.74, 6) is 0.